The lowest BCUT2D eigenvalue weighted by atomic mass is 10.0. The van der Waals surface area contributed by atoms with E-state index in [-0.39, 0.29) is 0 Å². The molecule has 0 aliphatic heterocycles. The van der Waals surface area contributed by atoms with E-state index in [9.17, 15) is 0 Å². The molecule has 0 fully saturated rings. The smallest absolute Gasteiger partial charge is 0.0693 e. The van der Waals surface area contributed by atoms with E-state index in [1.165, 1.54) is 17.5 Å². The molecule has 0 radical (unpaired) electrons. The van der Waals surface area contributed by atoms with E-state index in [1.807, 2.05) is 23.0 Å². The number of hydrogen-bond acceptors (Lipinski definition) is 1. The van der Waals surface area contributed by atoms with Crippen LogP contribution in [0.1, 0.15) is 25.8 Å². The fourth-order valence-corrected chi connectivity index (χ4v) is 1.62. The van der Waals surface area contributed by atoms with Crippen LogP contribution < -0.4 is 0 Å². The number of rotatable bonds is 3. The van der Waals surface area contributed by atoms with Gasteiger partial charge in [0.2, 0.25) is 0 Å². The van der Waals surface area contributed by atoms with Gasteiger partial charge in [-0.25, -0.2) is 4.52 Å². The minimum Gasteiger partial charge on any atom is -0.241 e. The van der Waals surface area contributed by atoms with Crippen LogP contribution in [0.25, 0.3) is 5.52 Å². The molecule has 0 unspecified atom stereocenters. The Morgan fingerprint density at radius 2 is 2.21 bits per heavy atom. The van der Waals surface area contributed by atoms with E-state index >= 15 is 0 Å². The highest BCUT2D eigenvalue weighted by molar-refractivity contribution is 5.53. The van der Waals surface area contributed by atoms with E-state index in [0.29, 0.717) is 0 Å². The van der Waals surface area contributed by atoms with Gasteiger partial charge < -0.3 is 0 Å². The van der Waals surface area contributed by atoms with Gasteiger partial charge in [0.25, 0.3) is 0 Å². The van der Waals surface area contributed by atoms with Crippen molar-refractivity contribution in [2.45, 2.75) is 26.7 Å². The van der Waals surface area contributed by atoms with Crippen LogP contribution in [0.15, 0.2) is 30.6 Å². The summed E-state index contributed by atoms with van der Waals surface area (Å²) in [6.45, 7) is 4.51. The van der Waals surface area contributed by atoms with E-state index < -0.39 is 0 Å². The molecule has 2 rings (SSSR count). The van der Waals surface area contributed by atoms with Gasteiger partial charge in [-0.3, -0.25) is 0 Å². The fourth-order valence-electron chi connectivity index (χ4n) is 1.62. The Balaban J connectivity index is 2.25. The molecule has 0 N–H and O–H groups in total. The van der Waals surface area contributed by atoms with Crippen molar-refractivity contribution >= 4 is 5.52 Å². The van der Waals surface area contributed by atoms with Crippen molar-refractivity contribution < 1.29 is 0 Å². The van der Waals surface area contributed by atoms with Crippen molar-refractivity contribution in [1.82, 2.24) is 9.61 Å². The molecule has 0 aliphatic carbocycles. The molecule has 2 aromatic heterocycles. The summed E-state index contributed by atoms with van der Waals surface area (Å²) in [5, 5.41) is 4.31. The van der Waals surface area contributed by atoms with Crippen molar-refractivity contribution in [3.05, 3.63) is 36.2 Å². The summed E-state index contributed by atoms with van der Waals surface area (Å²) in [5.74, 6) is 0.758. The van der Waals surface area contributed by atoms with Crippen LogP contribution in [0, 0.1) is 5.92 Å². The lowest BCUT2D eigenvalue weighted by Gasteiger charge is -2.02. The highest BCUT2D eigenvalue weighted by Gasteiger charge is 2.03. The second-order valence-electron chi connectivity index (χ2n) is 4.13. The Hall–Kier alpha value is -1.31. The summed E-state index contributed by atoms with van der Waals surface area (Å²) in [4.78, 5) is 0. The quantitative estimate of drug-likeness (QED) is 0.724. The molecule has 2 nitrogen and oxygen atoms in total. The van der Waals surface area contributed by atoms with Gasteiger partial charge in [-0.1, -0.05) is 19.9 Å². The third kappa shape index (κ3) is 1.79. The molecule has 2 heterocycles. The topological polar surface area (TPSA) is 17.3 Å². The molecule has 0 saturated heterocycles. The third-order valence-corrected chi connectivity index (χ3v) is 2.50. The van der Waals surface area contributed by atoms with Gasteiger partial charge in [0.15, 0.2) is 0 Å². The molecule has 0 aromatic carbocycles. The van der Waals surface area contributed by atoms with Gasteiger partial charge in [-0.15, -0.1) is 0 Å². The molecule has 0 aliphatic rings. The predicted octanol–water partition coefficient (Wildman–Crippen LogP) is 2.92. The molecular formula is C12H16N2. The standard InChI is InChI=1S/C12H16N2/c1-10(2)6-7-11-9-13-14-8-4-3-5-12(11)14/h3-5,8-10H,6-7H2,1-2H3. The van der Waals surface area contributed by atoms with Gasteiger partial charge in [-0.05, 0) is 36.5 Å². The predicted molar refractivity (Wildman–Crippen MR) is 58.4 cm³/mol. The lowest BCUT2D eigenvalue weighted by Crippen LogP contribution is -1.91. The molecule has 0 atom stereocenters. The minimum absolute atomic E-state index is 0.758. The minimum atomic E-state index is 0.758. The Labute approximate surface area is 84.6 Å². The highest BCUT2D eigenvalue weighted by atomic mass is 15.2. The maximum Gasteiger partial charge on any atom is 0.0693 e. The zero-order valence-corrected chi connectivity index (χ0v) is 8.77. The van der Waals surface area contributed by atoms with Gasteiger partial charge in [-0.2, -0.15) is 5.10 Å². The van der Waals surface area contributed by atoms with Crippen LogP contribution in [0.3, 0.4) is 0 Å². The molecular weight excluding hydrogens is 172 g/mol. The Bertz CT molecular complexity index is 415. The van der Waals surface area contributed by atoms with Crippen LogP contribution >= 0.6 is 0 Å². The van der Waals surface area contributed by atoms with Gasteiger partial charge in [0.05, 0.1) is 11.7 Å². The van der Waals surface area contributed by atoms with Crippen LogP contribution in [0.4, 0.5) is 0 Å². The maximum absolute atomic E-state index is 4.31. The first kappa shape index (κ1) is 9.25. The molecule has 74 valence electrons. The third-order valence-electron chi connectivity index (χ3n) is 2.50. The number of hydrogen-bond donors (Lipinski definition) is 0. The van der Waals surface area contributed by atoms with E-state index in [2.05, 4.69) is 31.1 Å². The van der Waals surface area contributed by atoms with E-state index in [0.717, 1.165) is 12.3 Å². The molecule has 14 heavy (non-hydrogen) atoms. The van der Waals surface area contributed by atoms with E-state index in [1.54, 1.807) is 0 Å². The van der Waals surface area contributed by atoms with Crippen molar-refractivity contribution in [3.63, 3.8) is 0 Å². The molecule has 0 spiro atoms. The molecule has 0 saturated carbocycles. The van der Waals surface area contributed by atoms with Gasteiger partial charge >= 0.3 is 0 Å². The monoisotopic (exact) mass is 188 g/mol. The summed E-state index contributed by atoms with van der Waals surface area (Å²) in [6.07, 6.45) is 6.34. The lowest BCUT2D eigenvalue weighted by molar-refractivity contribution is 0.588. The zero-order chi connectivity index (χ0) is 9.97. The highest BCUT2D eigenvalue weighted by Crippen LogP contribution is 2.14. The molecule has 2 heteroatoms. The van der Waals surface area contributed by atoms with Crippen molar-refractivity contribution in [1.29, 1.82) is 0 Å². The zero-order valence-electron chi connectivity index (χ0n) is 8.77. The maximum atomic E-state index is 4.31. The average molecular weight is 188 g/mol. The van der Waals surface area contributed by atoms with Crippen LogP contribution in [0.2, 0.25) is 0 Å². The SMILES string of the molecule is CC(C)CCc1cnn2ccccc12. The first-order valence-corrected chi connectivity index (χ1v) is 5.18. The number of aryl methyl sites for hydroxylation is 1. The number of pyridine rings is 1. The van der Waals surface area contributed by atoms with Crippen molar-refractivity contribution in [2.24, 2.45) is 5.92 Å². The van der Waals surface area contributed by atoms with Crippen LogP contribution in [-0.4, -0.2) is 9.61 Å². The van der Waals surface area contributed by atoms with Crippen molar-refractivity contribution in [2.75, 3.05) is 0 Å². The number of fused-ring (bicyclic) bond motifs is 1. The van der Waals surface area contributed by atoms with E-state index in [4.69, 9.17) is 0 Å². The Kier molecular flexibility index (Phi) is 2.53. The molecule has 0 bridgehead atoms. The van der Waals surface area contributed by atoms with Gasteiger partial charge in [0, 0.05) is 6.20 Å². The summed E-state index contributed by atoms with van der Waals surface area (Å²) in [7, 11) is 0. The number of nitrogens with zero attached hydrogens (tertiary/aromatic N) is 2. The summed E-state index contributed by atoms with van der Waals surface area (Å²) >= 11 is 0. The van der Waals surface area contributed by atoms with Crippen LogP contribution in [-0.2, 0) is 6.42 Å². The first-order chi connectivity index (χ1) is 6.77. The van der Waals surface area contributed by atoms with Gasteiger partial charge in [0.1, 0.15) is 0 Å². The second-order valence-corrected chi connectivity index (χ2v) is 4.13. The Morgan fingerprint density at radius 3 is 3.00 bits per heavy atom. The summed E-state index contributed by atoms with van der Waals surface area (Å²) in [5.41, 5.74) is 2.60. The van der Waals surface area contributed by atoms with Crippen LogP contribution in [0.5, 0.6) is 0 Å². The molecule has 2 aromatic rings. The normalized spacial score (nSPS) is 11.4. The summed E-state index contributed by atoms with van der Waals surface area (Å²) in [6, 6.07) is 6.20. The average Bonchev–Trinajstić information content (AvgIpc) is 2.58. The second kappa shape index (κ2) is 3.82. The largest absolute Gasteiger partial charge is 0.241 e. The van der Waals surface area contributed by atoms with Crippen molar-refractivity contribution in [3.8, 4) is 0 Å². The number of aromatic nitrogens is 2. The first-order valence-electron chi connectivity index (χ1n) is 5.18. The fraction of sp³-hybridized carbons (Fsp3) is 0.417. The Morgan fingerprint density at radius 1 is 1.36 bits per heavy atom. The molecule has 0 amide bonds. The summed E-state index contributed by atoms with van der Waals surface area (Å²) < 4.78 is 1.94.